The van der Waals surface area contributed by atoms with Gasteiger partial charge in [0.05, 0.1) is 5.75 Å². The molecule has 0 fully saturated rings. The molecule has 7 heteroatoms. The maximum atomic E-state index is 11.7. The molecule has 0 atom stereocenters. The summed E-state index contributed by atoms with van der Waals surface area (Å²) in [6, 6.07) is 7.23. The van der Waals surface area contributed by atoms with Crippen molar-refractivity contribution in [3.05, 3.63) is 34.5 Å². The summed E-state index contributed by atoms with van der Waals surface area (Å²) in [7, 11) is 0. The minimum atomic E-state index is -0.152. The fraction of sp³-hybridized carbons (Fsp3) is 0.167. The van der Waals surface area contributed by atoms with Crippen LogP contribution >= 0.6 is 27.7 Å². The molecule has 1 amide bonds. The lowest BCUT2D eigenvalue weighted by atomic mass is 10.3. The number of nitrogens with two attached hydrogens (primary N) is 1. The molecule has 0 radical (unpaired) electrons. The van der Waals surface area contributed by atoms with Crippen LogP contribution in [0.1, 0.15) is 5.76 Å². The van der Waals surface area contributed by atoms with Crippen LogP contribution < -0.4 is 11.1 Å². The molecular formula is C12H12BrN3O2S. The number of hydrogen-bond donors (Lipinski definition) is 2. The van der Waals surface area contributed by atoms with Crippen LogP contribution in [0.4, 0.5) is 11.5 Å². The summed E-state index contributed by atoms with van der Waals surface area (Å²) in [6.07, 6.45) is 0. The van der Waals surface area contributed by atoms with E-state index in [4.69, 9.17) is 10.3 Å². The minimum absolute atomic E-state index is 0.152. The summed E-state index contributed by atoms with van der Waals surface area (Å²) in [5.41, 5.74) is 6.50. The Bertz CT molecular complexity index is 600. The Balaban J connectivity index is 1.89. The van der Waals surface area contributed by atoms with Gasteiger partial charge in [-0.2, -0.15) is 0 Å². The number of nitrogen functional groups attached to an aromatic ring is 1. The third-order valence-electron chi connectivity index (χ3n) is 2.23. The molecule has 0 unspecified atom stereocenters. The van der Waals surface area contributed by atoms with E-state index in [2.05, 4.69) is 26.4 Å². The molecule has 19 heavy (non-hydrogen) atoms. The topological polar surface area (TPSA) is 81.2 Å². The highest BCUT2D eigenvalue weighted by molar-refractivity contribution is 9.10. The molecule has 0 spiro atoms. The average Bonchev–Trinajstić information content (AvgIpc) is 2.73. The first-order valence-corrected chi connectivity index (χ1v) is 7.23. The molecule has 0 saturated carbocycles. The Morgan fingerprint density at radius 3 is 2.95 bits per heavy atom. The highest BCUT2D eigenvalue weighted by Crippen LogP contribution is 2.27. The van der Waals surface area contributed by atoms with Crippen LogP contribution in [0.25, 0.3) is 0 Å². The maximum absolute atomic E-state index is 11.7. The second kappa shape index (κ2) is 6.12. The van der Waals surface area contributed by atoms with E-state index in [0.29, 0.717) is 17.3 Å². The molecule has 1 heterocycles. The third-order valence-corrected chi connectivity index (χ3v) is 3.81. The number of aromatic nitrogens is 1. The molecule has 0 saturated heterocycles. The molecule has 0 aliphatic heterocycles. The monoisotopic (exact) mass is 341 g/mol. The smallest absolute Gasteiger partial charge is 0.235 e. The van der Waals surface area contributed by atoms with Gasteiger partial charge in [-0.15, -0.1) is 11.8 Å². The zero-order valence-corrected chi connectivity index (χ0v) is 12.5. The summed E-state index contributed by atoms with van der Waals surface area (Å²) in [5.74, 6) is 1.19. The number of carbonyl (C=O) groups excluding carboxylic acids is 1. The summed E-state index contributed by atoms with van der Waals surface area (Å²) in [5, 5.41) is 6.34. The predicted octanol–water partition coefficient (Wildman–Crippen LogP) is 3.06. The van der Waals surface area contributed by atoms with Crippen LogP contribution in [0.2, 0.25) is 0 Å². The Hall–Kier alpha value is -1.47. The van der Waals surface area contributed by atoms with Crippen LogP contribution in [-0.4, -0.2) is 16.8 Å². The van der Waals surface area contributed by atoms with E-state index in [9.17, 15) is 4.79 Å². The average molecular weight is 342 g/mol. The molecule has 100 valence electrons. The minimum Gasteiger partial charge on any atom is -0.398 e. The molecule has 5 nitrogen and oxygen atoms in total. The van der Waals surface area contributed by atoms with Crippen molar-refractivity contribution in [2.45, 2.75) is 11.8 Å². The van der Waals surface area contributed by atoms with Crippen molar-refractivity contribution >= 4 is 45.1 Å². The number of nitrogens with one attached hydrogen (secondary N) is 1. The van der Waals surface area contributed by atoms with Gasteiger partial charge in [0.1, 0.15) is 5.76 Å². The first-order chi connectivity index (χ1) is 9.04. The van der Waals surface area contributed by atoms with Gasteiger partial charge >= 0.3 is 0 Å². The van der Waals surface area contributed by atoms with Crippen molar-refractivity contribution < 1.29 is 9.32 Å². The van der Waals surface area contributed by atoms with Gasteiger partial charge < -0.3 is 15.6 Å². The number of nitrogens with zero attached hydrogens (tertiary/aromatic N) is 1. The number of hydrogen-bond acceptors (Lipinski definition) is 5. The number of carbonyl (C=O) groups is 1. The van der Waals surface area contributed by atoms with E-state index >= 15 is 0 Å². The zero-order chi connectivity index (χ0) is 13.8. The fourth-order valence-electron chi connectivity index (χ4n) is 1.40. The van der Waals surface area contributed by atoms with Gasteiger partial charge in [0, 0.05) is 21.1 Å². The molecule has 2 rings (SSSR count). The molecule has 1 aromatic heterocycles. The Labute approximate surface area is 123 Å². The van der Waals surface area contributed by atoms with Crippen molar-refractivity contribution in [3.8, 4) is 0 Å². The first kappa shape index (κ1) is 14.0. The summed E-state index contributed by atoms with van der Waals surface area (Å²) in [6.45, 7) is 1.76. The number of rotatable bonds is 4. The van der Waals surface area contributed by atoms with Crippen LogP contribution in [0.15, 0.2) is 38.2 Å². The quantitative estimate of drug-likeness (QED) is 0.659. The normalized spacial score (nSPS) is 10.4. The second-order valence-electron chi connectivity index (χ2n) is 3.84. The summed E-state index contributed by atoms with van der Waals surface area (Å²) < 4.78 is 5.78. The highest BCUT2D eigenvalue weighted by Gasteiger charge is 2.08. The lowest BCUT2D eigenvalue weighted by Crippen LogP contribution is -2.14. The van der Waals surface area contributed by atoms with E-state index in [1.807, 2.05) is 12.1 Å². The number of thioether (sulfide) groups is 1. The van der Waals surface area contributed by atoms with E-state index in [-0.39, 0.29) is 11.7 Å². The Kier molecular flexibility index (Phi) is 4.49. The van der Waals surface area contributed by atoms with Gasteiger partial charge in [-0.25, -0.2) is 0 Å². The molecule has 3 N–H and O–H groups in total. The maximum Gasteiger partial charge on any atom is 0.235 e. The lowest BCUT2D eigenvalue weighted by molar-refractivity contribution is -0.113. The SMILES string of the molecule is Cc1cc(NC(=O)CSc2ccc(Br)cc2N)no1. The van der Waals surface area contributed by atoms with Gasteiger partial charge in [0.25, 0.3) is 0 Å². The van der Waals surface area contributed by atoms with Crippen molar-refractivity contribution in [1.82, 2.24) is 5.16 Å². The summed E-state index contributed by atoms with van der Waals surface area (Å²) >= 11 is 4.71. The lowest BCUT2D eigenvalue weighted by Gasteiger charge is -2.05. The second-order valence-corrected chi connectivity index (χ2v) is 5.77. The van der Waals surface area contributed by atoms with E-state index in [1.165, 1.54) is 11.8 Å². The number of halogens is 1. The van der Waals surface area contributed by atoms with Crippen molar-refractivity contribution in [3.63, 3.8) is 0 Å². The standard InChI is InChI=1S/C12H12BrN3O2S/c1-7-4-11(16-18-7)15-12(17)6-19-10-3-2-8(13)5-9(10)14/h2-5H,6,14H2,1H3,(H,15,16,17). The number of aryl methyl sites for hydroxylation is 1. The fourth-order valence-corrected chi connectivity index (χ4v) is 2.53. The largest absolute Gasteiger partial charge is 0.398 e. The first-order valence-electron chi connectivity index (χ1n) is 5.45. The van der Waals surface area contributed by atoms with E-state index in [1.54, 1.807) is 19.1 Å². The van der Waals surface area contributed by atoms with Gasteiger partial charge in [0.15, 0.2) is 5.82 Å². The third kappa shape index (κ3) is 4.00. The van der Waals surface area contributed by atoms with Gasteiger partial charge in [0.2, 0.25) is 5.91 Å². The van der Waals surface area contributed by atoms with E-state index in [0.717, 1.165) is 9.37 Å². The molecule has 0 aliphatic carbocycles. The number of amides is 1. The van der Waals surface area contributed by atoms with Crippen molar-refractivity contribution in [2.75, 3.05) is 16.8 Å². The predicted molar refractivity (Wildman–Crippen MR) is 79.1 cm³/mol. The molecule has 2 aromatic rings. The highest BCUT2D eigenvalue weighted by atomic mass is 79.9. The Morgan fingerprint density at radius 1 is 1.53 bits per heavy atom. The van der Waals surface area contributed by atoms with Crippen LogP contribution in [-0.2, 0) is 4.79 Å². The molecule has 0 aliphatic rings. The van der Waals surface area contributed by atoms with Gasteiger partial charge in [-0.3, -0.25) is 4.79 Å². The molecule has 1 aromatic carbocycles. The zero-order valence-electron chi connectivity index (χ0n) is 10.1. The molecular weight excluding hydrogens is 330 g/mol. The van der Waals surface area contributed by atoms with E-state index < -0.39 is 0 Å². The summed E-state index contributed by atoms with van der Waals surface area (Å²) in [4.78, 5) is 12.6. The van der Waals surface area contributed by atoms with Crippen molar-refractivity contribution in [1.29, 1.82) is 0 Å². The van der Waals surface area contributed by atoms with Crippen molar-refractivity contribution in [2.24, 2.45) is 0 Å². The van der Waals surface area contributed by atoms with Crippen LogP contribution in [0.3, 0.4) is 0 Å². The number of anilines is 2. The van der Waals surface area contributed by atoms with Crippen LogP contribution in [0, 0.1) is 6.92 Å². The Morgan fingerprint density at radius 2 is 2.32 bits per heavy atom. The number of benzene rings is 1. The van der Waals surface area contributed by atoms with Gasteiger partial charge in [-0.05, 0) is 25.1 Å². The molecule has 0 bridgehead atoms. The van der Waals surface area contributed by atoms with Crippen LogP contribution in [0.5, 0.6) is 0 Å². The van der Waals surface area contributed by atoms with Gasteiger partial charge in [-0.1, -0.05) is 21.1 Å².